The molecule has 4 heteroatoms. The van der Waals surface area contributed by atoms with Gasteiger partial charge in [0.05, 0.1) is 11.6 Å². The fraction of sp³-hybridized carbons (Fsp3) is 0.0667. The number of hydrogen-bond acceptors (Lipinski definition) is 2. The maximum Gasteiger partial charge on any atom is 0.323 e. The van der Waals surface area contributed by atoms with Crippen LogP contribution in [0, 0.1) is 18.3 Å². The van der Waals surface area contributed by atoms with Crippen LogP contribution in [0.2, 0.25) is 0 Å². The van der Waals surface area contributed by atoms with E-state index in [-0.39, 0.29) is 6.03 Å². The molecule has 0 aliphatic heterocycles. The molecule has 0 saturated heterocycles. The van der Waals surface area contributed by atoms with Crippen molar-refractivity contribution in [1.29, 1.82) is 5.26 Å². The van der Waals surface area contributed by atoms with E-state index < -0.39 is 0 Å². The van der Waals surface area contributed by atoms with Gasteiger partial charge in [0.25, 0.3) is 0 Å². The molecular formula is C15H13N3O. The first-order valence-electron chi connectivity index (χ1n) is 5.83. The van der Waals surface area contributed by atoms with E-state index >= 15 is 0 Å². The highest BCUT2D eigenvalue weighted by Gasteiger charge is 2.04. The number of nitrogens with one attached hydrogen (secondary N) is 2. The third kappa shape index (κ3) is 3.33. The average Bonchev–Trinajstić information content (AvgIpc) is 2.42. The zero-order valence-corrected chi connectivity index (χ0v) is 10.5. The lowest BCUT2D eigenvalue weighted by Gasteiger charge is -2.09. The van der Waals surface area contributed by atoms with E-state index in [0.29, 0.717) is 11.3 Å². The second-order valence-corrected chi connectivity index (χ2v) is 4.08. The number of hydrogen-bond donors (Lipinski definition) is 2. The van der Waals surface area contributed by atoms with Gasteiger partial charge in [-0.05, 0) is 42.8 Å². The van der Waals surface area contributed by atoms with Crippen molar-refractivity contribution in [2.24, 2.45) is 0 Å². The summed E-state index contributed by atoms with van der Waals surface area (Å²) in [5, 5.41) is 14.2. The summed E-state index contributed by atoms with van der Waals surface area (Å²) in [7, 11) is 0. The first-order chi connectivity index (χ1) is 9.19. The van der Waals surface area contributed by atoms with Crippen molar-refractivity contribution >= 4 is 17.4 Å². The summed E-state index contributed by atoms with van der Waals surface area (Å²) in [6.45, 7) is 1.93. The van der Waals surface area contributed by atoms with E-state index in [1.807, 2.05) is 37.3 Å². The van der Waals surface area contributed by atoms with E-state index in [9.17, 15) is 4.79 Å². The molecule has 0 aromatic heterocycles. The van der Waals surface area contributed by atoms with Gasteiger partial charge in [0.2, 0.25) is 0 Å². The lowest BCUT2D eigenvalue weighted by molar-refractivity contribution is 0.262. The van der Waals surface area contributed by atoms with E-state index in [2.05, 4.69) is 10.6 Å². The highest BCUT2D eigenvalue weighted by atomic mass is 16.2. The molecule has 0 unspecified atom stereocenters. The maximum atomic E-state index is 11.8. The van der Waals surface area contributed by atoms with E-state index in [0.717, 1.165) is 11.3 Å². The second kappa shape index (κ2) is 5.69. The summed E-state index contributed by atoms with van der Waals surface area (Å²) in [5.74, 6) is 0. The minimum atomic E-state index is -0.306. The molecule has 19 heavy (non-hydrogen) atoms. The van der Waals surface area contributed by atoms with Crippen LogP contribution in [-0.2, 0) is 0 Å². The molecule has 2 rings (SSSR count). The lowest BCUT2D eigenvalue weighted by Crippen LogP contribution is -2.19. The Balaban J connectivity index is 2.01. The normalized spacial score (nSPS) is 9.47. The zero-order chi connectivity index (χ0) is 13.7. The van der Waals surface area contributed by atoms with Crippen molar-refractivity contribution in [3.05, 3.63) is 59.7 Å². The molecule has 0 saturated carbocycles. The van der Waals surface area contributed by atoms with Gasteiger partial charge in [-0.1, -0.05) is 18.2 Å². The third-order valence-electron chi connectivity index (χ3n) is 2.67. The highest BCUT2D eigenvalue weighted by molar-refractivity contribution is 6.00. The number of rotatable bonds is 2. The van der Waals surface area contributed by atoms with Crippen LogP contribution in [0.5, 0.6) is 0 Å². The minimum absolute atomic E-state index is 0.306. The molecule has 0 atom stereocenters. The van der Waals surface area contributed by atoms with Gasteiger partial charge in [0, 0.05) is 11.4 Å². The van der Waals surface area contributed by atoms with Crippen LogP contribution in [0.1, 0.15) is 11.1 Å². The summed E-state index contributed by atoms with van der Waals surface area (Å²) in [6.07, 6.45) is 0. The minimum Gasteiger partial charge on any atom is -0.308 e. The molecule has 0 heterocycles. The summed E-state index contributed by atoms with van der Waals surface area (Å²) < 4.78 is 0. The molecule has 94 valence electrons. The fourth-order valence-electron chi connectivity index (χ4n) is 1.63. The number of carbonyl (C=O) groups excluding carboxylic acids is 1. The third-order valence-corrected chi connectivity index (χ3v) is 2.67. The molecule has 0 aliphatic carbocycles. The molecular weight excluding hydrogens is 238 g/mol. The summed E-state index contributed by atoms with van der Waals surface area (Å²) >= 11 is 0. The Morgan fingerprint density at radius 1 is 1.05 bits per heavy atom. The number of anilines is 2. The van der Waals surface area contributed by atoms with Crippen molar-refractivity contribution in [2.45, 2.75) is 6.92 Å². The largest absolute Gasteiger partial charge is 0.323 e. The van der Waals surface area contributed by atoms with Crippen molar-refractivity contribution in [3.8, 4) is 6.07 Å². The molecule has 4 nitrogen and oxygen atoms in total. The van der Waals surface area contributed by atoms with Crippen LogP contribution >= 0.6 is 0 Å². The predicted octanol–water partition coefficient (Wildman–Crippen LogP) is 3.51. The van der Waals surface area contributed by atoms with Crippen LogP contribution in [-0.4, -0.2) is 6.03 Å². The highest BCUT2D eigenvalue weighted by Crippen LogP contribution is 2.14. The van der Waals surface area contributed by atoms with Gasteiger partial charge < -0.3 is 10.6 Å². The molecule has 0 spiro atoms. The molecule has 0 radical (unpaired) electrons. The van der Waals surface area contributed by atoms with Crippen molar-refractivity contribution in [2.75, 3.05) is 10.6 Å². The van der Waals surface area contributed by atoms with Gasteiger partial charge in [0.1, 0.15) is 0 Å². The number of carbonyl (C=O) groups is 1. The SMILES string of the molecule is Cc1ccccc1NC(=O)Nc1ccc(C#N)cc1. The van der Waals surface area contributed by atoms with E-state index in [4.69, 9.17) is 5.26 Å². The van der Waals surface area contributed by atoms with E-state index in [1.165, 1.54) is 0 Å². The van der Waals surface area contributed by atoms with Crippen molar-refractivity contribution in [3.63, 3.8) is 0 Å². The Morgan fingerprint density at radius 2 is 1.74 bits per heavy atom. The number of nitriles is 1. The van der Waals surface area contributed by atoms with Gasteiger partial charge in [-0.15, -0.1) is 0 Å². The fourth-order valence-corrected chi connectivity index (χ4v) is 1.63. The van der Waals surface area contributed by atoms with Gasteiger partial charge in [-0.25, -0.2) is 4.79 Å². The smallest absolute Gasteiger partial charge is 0.308 e. The molecule has 0 fully saturated rings. The van der Waals surface area contributed by atoms with Gasteiger partial charge in [-0.3, -0.25) is 0 Å². The second-order valence-electron chi connectivity index (χ2n) is 4.08. The monoisotopic (exact) mass is 251 g/mol. The summed E-state index contributed by atoms with van der Waals surface area (Å²) in [5.41, 5.74) is 2.97. The standard InChI is InChI=1S/C15H13N3O/c1-11-4-2-3-5-14(11)18-15(19)17-13-8-6-12(10-16)7-9-13/h2-9H,1H3,(H2,17,18,19). The number of amides is 2. The maximum absolute atomic E-state index is 11.8. The molecule has 2 N–H and O–H groups in total. The Bertz CT molecular complexity index is 627. The van der Waals surface area contributed by atoms with Gasteiger partial charge in [-0.2, -0.15) is 5.26 Å². The van der Waals surface area contributed by atoms with Crippen molar-refractivity contribution < 1.29 is 4.79 Å². The topological polar surface area (TPSA) is 64.9 Å². The van der Waals surface area contributed by atoms with Crippen LogP contribution in [0.3, 0.4) is 0 Å². The zero-order valence-electron chi connectivity index (χ0n) is 10.5. The first-order valence-corrected chi connectivity index (χ1v) is 5.83. The first kappa shape index (κ1) is 12.7. The van der Waals surface area contributed by atoms with Crippen LogP contribution in [0.15, 0.2) is 48.5 Å². The molecule has 0 aliphatic rings. The lowest BCUT2D eigenvalue weighted by atomic mass is 10.2. The average molecular weight is 251 g/mol. The van der Waals surface area contributed by atoms with E-state index in [1.54, 1.807) is 24.3 Å². The van der Waals surface area contributed by atoms with Gasteiger partial charge >= 0.3 is 6.03 Å². The van der Waals surface area contributed by atoms with Gasteiger partial charge in [0.15, 0.2) is 0 Å². The Hall–Kier alpha value is -2.80. The quantitative estimate of drug-likeness (QED) is 0.857. The molecule has 2 aromatic carbocycles. The Kier molecular flexibility index (Phi) is 3.79. The number of nitrogens with zero attached hydrogens (tertiary/aromatic N) is 1. The predicted molar refractivity (Wildman–Crippen MR) is 75.0 cm³/mol. The van der Waals surface area contributed by atoms with Crippen LogP contribution in [0.4, 0.5) is 16.2 Å². The van der Waals surface area contributed by atoms with Crippen LogP contribution in [0.25, 0.3) is 0 Å². The number of urea groups is 1. The molecule has 0 bridgehead atoms. The Morgan fingerprint density at radius 3 is 2.37 bits per heavy atom. The molecule has 2 aromatic rings. The summed E-state index contributed by atoms with van der Waals surface area (Å²) in [6, 6.07) is 16.0. The number of aryl methyl sites for hydroxylation is 1. The molecule has 2 amide bonds. The Labute approximate surface area is 111 Å². The van der Waals surface area contributed by atoms with Crippen molar-refractivity contribution in [1.82, 2.24) is 0 Å². The number of para-hydroxylation sites is 1. The van der Waals surface area contributed by atoms with Crippen LogP contribution < -0.4 is 10.6 Å². The number of benzene rings is 2. The summed E-state index contributed by atoms with van der Waals surface area (Å²) in [4.78, 5) is 11.8.